The Balaban J connectivity index is 2.16. The number of hydrogen-bond acceptors (Lipinski definition) is 2. The van der Waals surface area contributed by atoms with E-state index < -0.39 is 0 Å². The molecule has 0 fully saturated rings. The molecule has 0 spiro atoms. The Morgan fingerprint density at radius 3 is 2.71 bits per heavy atom. The number of halogens is 1. The zero-order valence-electron chi connectivity index (χ0n) is 13.9. The molecule has 0 aliphatic rings. The second kappa shape index (κ2) is 7.73. The van der Waals surface area contributed by atoms with E-state index in [2.05, 4.69) is 17.1 Å². The van der Waals surface area contributed by atoms with Crippen LogP contribution >= 0.6 is 11.6 Å². The topological polar surface area (TPSA) is 51.0 Å². The fourth-order valence-corrected chi connectivity index (χ4v) is 3.35. The van der Waals surface area contributed by atoms with Gasteiger partial charge in [0.25, 0.3) is 0 Å². The monoisotopic (exact) mass is 342 g/mol. The van der Waals surface area contributed by atoms with Gasteiger partial charge in [-0.3, -0.25) is 0 Å². The van der Waals surface area contributed by atoms with Crippen LogP contribution in [-0.2, 0) is 6.42 Å². The molecule has 1 heterocycles. The molecule has 0 aliphatic carbocycles. The van der Waals surface area contributed by atoms with Crippen molar-refractivity contribution in [1.82, 2.24) is 4.98 Å². The van der Waals surface area contributed by atoms with Crippen LogP contribution in [0.15, 0.2) is 42.5 Å². The SMILES string of the molecule is CCOc1ccccc1-c1[nH]c2c(Cl)cccc2c1CCCCN. The lowest BCUT2D eigenvalue weighted by atomic mass is 10.00. The van der Waals surface area contributed by atoms with Crippen molar-refractivity contribution in [3.63, 3.8) is 0 Å². The number of H-pyrrole nitrogens is 1. The molecule has 3 rings (SSSR count). The summed E-state index contributed by atoms with van der Waals surface area (Å²) in [6, 6.07) is 14.2. The highest BCUT2D eigenvalue weighted by Crippen LogP contribution is 2.38. The normalized spacial score (nSPS) is 11.1. The van der Waals surface area contributed by atoms with Crippen molar-refractivity contribution in [3.05, 3.63) is 53.1 Å². The maximum absolute atomic E-state index is 6.41. The molecule has 0 aliphatic heterocycles. The summed E-state index contributed by atoms with van der Waals surface area (Å²) >= 11 is 6.41. The molecule has 1 aromatic heterocycles. The van der Waals surface area contributed by atoms with Crippen molar-refractivity contribution < 1.29 is 4.74 Å². The number of benzene rings is 2. The van der Waals surface area contributed by atoms with Gasteiger partial charge in [-0.25, -0.2) is 0 Å². The summed E-state index contributed by atoms with van der Waals surface area (Å²) in [5.74, 6) is 0.891. The summed E-state index contributed by atoms with van der Waals surface area (Å²) in [7, 11) is 0. The molecule has 24 heavy (non-hydrogen) atoms. The van der Waals surface area contributed by atoms with E-state index in [9.17, 15) is 0 Å². The average Bonchev–Trinajstić information content (AvgIpc) is 2.96. The summed E-state index contributed by atoms with van der Waals surface area (Å²) in [5, 5.41) is 1.92. The first kappa shape index (κ1) is 16.9. The van der Waals surface area contributed by atoms with Gasteiger partial charge in [0.15, 0.2) is 0 Å². The Hall–Kier alpha value is -1.97. The molecular formula is C20H23ClN2O. The first-order valence-corrected chi connectivity index (χ1v) is 8.85. The highest BCUT2D eigenvalue weighted by molar-refractivity contribution is 6.35. The van der Waals surface area contributed by atoms with E-state index in [0.717, 1.165) is 46.8 Å². The van der Waals surface area contributed by atoms with Crippen molar-refractivity contribution in [2.45, 2.75) is 26.2 Å². The van der Waals surface area contributed by atoms with E-state index in [0.29, 0.717) is 13.2 Å². The molecule has 3 nitrogen and oxygen atoms in total. The summed E-state index contributed by atoms with van der Waals surface area (Å²) in [5.41, 5.74) is 10.1. The molecule has 0 saturated carbocycles. The lowest BCUT2D eigenvalue weighted by molar-refractivity contribution is 0.341. The van der Waals surface area contributed by atoms with Gasteiger partial charge in [-0.15, -0.1) is 0 Å². The van der Waals surface area contributed by atoms with E-state index in [1.165, 1.54) is 10.9 Å². The van der Waals surface area contributed by atoms with Gasteiger partial charge >= 0.3 is 0 Å². The number of unbranched alkanes of at least 4 members (excludes halogenated alkanes) is 1. The third-order valence-corrected chi connectivity index (χ3v) is 4.54. The first-order valence-electron chi connectivity index (χ1n) is 8.47. The van der Waals surface area contributed by atoms with Crippen molar-refractivity contribution in [2.24, 2.45) is 5.73 Å². The van der Waals surface area contributed by atoms with E-state index >= 15 is 0 Å². The number of nitrogens with one attached hydrogen (secondary N) is 1. The third kappa shape index (κ3) is 3.28. The number of para-hydroxylation sites is 2. The predicted molar refractivity (Wildman–Crippen MR) is 102 cm³/mol. The van der Waals surface area contributed by atoms with Crippen molar-refractivity contribution in [3.8, 4) is 17.0 Å². The highest BCUT2D eigenvalue weighted by atomic mass is 35.5. The van der Waals surface area contributed by atoms with Crippen molar-refractivity contribution in [1.29, 1.82) is 0 Å². The van der Waals surface area contributed by atoms with Crippen LogP contribution in [0.2, 0.25) is 5.02 Å². The van der Waals surface area contributed by atoms with Gasteiger partial charge in [0.05, 0.1) is 22.8 Å². The van der Waals surface area contributed by atoms with Crippen LogP contribution in [0.1, 0.15) is 25.3 Å². The molecule has 0 saturated heterocycles. The Morgan fingerprint density at radius 1 is 1.08 bits per heavy atom. The number of aromatic nitrogens is 1. The van der Waals surface area contributed by atoms with Crippen LogP contribution in [0.25, 0.3) is 22.2 Å². The molecule has 0 amide bonds. The molecule has 4 heteroatoms. The van der Waals surface area contributed by atoms with Crippen LogP contribution in [0.3, 0.4) is 0 Å². The number of fused-ring (bicyclic) bond motifs is 1. The fraction of sp³-hybridized carbons (Fsp3) is 0.300. The third-order valence-electron chi connectivity index (χ3n) is 4.23. The largest absolute Gasteiger partial charge is 0.493 e. The smallest absolute Gasteiger partial charge is 0.128 e. The lowest BCUT2D eigenvalue weighted by Crippen LogP contribution is -2.00. The van der Waals surface area contributed by atoms with Crippen LogP contribution in [0, 0.1) is 0 Å². The van der Waals surface area contributed by atoms with Gasteiger partial charge < -0.3 is 15.5 Å². The number of aromatic amines is 1. The summed E-state index contributed by atoms with van der Waals surface area (Å²) in [6.07, 6.45) is 3.03. The van der Waals surface area contributed by atoms with Crippen molar-refractivity contribution in [2.75, 3.05) is 13.2 Å². The van der Waals surface area contributed by atoms with Crippen molar-refractivity contribution >= 4 is 22.5 Å². The van der Waals surface area contributed by atoms with E-state index in [-0.39, 0.29) is 0 Å². The number of aryl methyl sites for hydroxylation is 1. The molecule has 0 unspecified atom stereocenters. The maximum Gasteiger partial charge on any atom is 0.128 e. The molecule has 0 bridgehead atoms. The Labute approximate surface area is 147 Å². The molecule has 0 atom stereocenters. The summed E-state index contributed by atoms with van der Waals surface area (Å²) in [6.45, 7) is 3.36. The van der Waals surface area contributed by atoms with Crippen LogP contribution < -0.4 is 10.5 Å². The minimum Gasteiger partial charge on any atom is -0.493 e. The second-order valence-corrected chi connectivity index (χ2v) is 6.22. The van der Waals surface area contributed by atoms with Gasteiger partial charge in [0, 0.05) is 10.9 Å². The number of rotatable bonds is 7. The Morgan fingerprint density at radius 2 is 1.92 bits per heavy atom. The predicted octanol–water partition coefficient (Wildman–Crippen LogP) is 5.17. The maximum atomic E-state index is 6.41. The van der Waals surface area contributed by atoms with Gasteiger partial charge in [-0.05, 0) is 56.5 Å². The van der Waals surface area contributed by atoms with Gasteiger partial charge in [-0.1, -0.05) is 35.9 Å². The first-order chi connectivity index (χ1) is 11.8. The summed E-state index contributed by atoms with van der Waals surface area (Å²) in [4.78, 5) is 3.53. The number of ether oxygens (including phenoxy) is 1. The molecule has 0 radical (unpaired) electrons. The number of nitrogens with two attached hydrogens (primary N) is 1. The Bertz CT molecular complexity index is 826. The molecule has 126 valence electrons. The van der Waals surface area contributed by atoms with E-state index in [1.54, 1.807) is 0 Å². The zero-order chi connectivity index (χ0) is 16.9. The quantitative estimate of drug-likeness (QED) is 0.582. The molecule has 2 aromatic carbocycles. The Kier molecular flexibility index (Phi) is 5.44. The minimum absolute atomic E-state index is 0.639. The van der Waals surface area contributed by atoms with Crippen LogP contribution in [0.4, 0.5) is 0 Å². The number of hydrogen-bond donors (Lipinski definition) is 2. The fourth-order valence-electron chi connectivity index (χ4n) is 3.13. The minimum atomic E-state index is 0.639. The van der Waals surface area contributed by atoms with Gasteiger partial charge in [0.2, 0.25) is 0 Å². The summed E-state index contributed by atoms with van der Waals surface area (Å²) < 4.78 is 5.83. The molecule has 3 aromatic rings. The zero-order valence-corrected chi connectivity index (χ0v) is 14.7. The highest BCUT2D eigenvalue weighted by Gasteiger charge is 2.17. The average molecular weight is 343 g/mol. The molecule has 3 N–H and O–H groups in total. The van der Waals surface area contributed by atoms with E-state index in [1.807, 2.05) is 37.3 Å². The van der Waals surface area contributed by atoms with Crippen LogP contribution in [0.5, 0.6) is 5.75 Å². The van der Waals surface area contributed by atoms with Gasteiger partial charge in [-0.2, -0.15) is 0 Å². The second-order valence-electron chi connectivity index (χ2n) is 5.82. The standard InChI is InChI=1S/C20H23ClN2O/c1-2-24-18-12-4-3-9-16(18)19-14(8-5-6-13-22)15-10-7-11-17(21)20(15)23-19/h3-4,7,9-12,23H,2,5-6,8,13,22H2,1H3. The lowest BCUT2D eigenvalue weighted by Gasteiger charge is -2.11. The molecular weight excluding hydrogens is 320 g/mol. The van der Waals surface area contributed by atoms with E-state index in [4.69, 9.17) is 22.1 Å². The van der Waals surface area contributed by atoms with Gasteiger partial charge in [0.1, 0.15) is 5.75 Å². The van der Waals surface area contributed by atoms with Crippen LogP contribution in [-0.4, -0.2) is 18.1 Å².